The van der Waals surface area contributed by atoms with Gasteiger partial charge in [0, 0.05) is 12.6 Å². The van der Waals surface area contributed by atoms with Crippen LogP contribution < -0.4 is 9.62 Å². The number of hydrogen-bond donors (Lipinski definition) is 1. The Morgan fingerprint density at radius 1 is 0.886 bits per heavy atom. The molecule has 0 spiro atoms. The molecule has 2 amide bonds. The average Bonchev–Trinajstić information content (AvgIpc) is 2.99. The summed E-state index contributed by atoms with van der Waals surface area (Å²) in [6, 6.07) is 16.2. The summed E-state index contributed by atoms with van der Waals surface area (Å²) in [6.07, 6.45) is 5.40. The first-order chi connectivity index (χ1) is 20.9. The van der Waals surface area contributed by atoms with Crippen molar-refractivity contribution in [3.63, 3.8) is 0 Å². The number of anilines is 1. The van der Waals surface area contributed by atoms with Gasteiger partial charge in [-0.25, -0.2) is 8.42 Å². The molecule has 1 aliphatic rings. The Hall–Kier alpha value is -3.07. The number of rotatable bonds is 11. The highest BCUT2D eigenvalue weighted by Crippen LogP contribution is 2.28. The maximum Gasteiger partial charge on any atom is 0.264 e. The van der Waals surface area contributed by atoms with Gasteiger partial charge in [0.05, 0.1) is 20.6 Å². The van der Waals surface area contributed by atoms with Gasteiger partial charge in [-0.05, 0) is 93.1 Å². The van der Waals surface area contributed by atoms with Crippen LogP contribution in [0, 0.1) is 20.8 Å². The summed E-state index contributed by atoms with van der Waals surface area (Å²) in [7, 11) is -4.14. The Balaban J connectivity index is 1.74. The van der Waals surface area contributed by atoms with Crippen LogP contribution in [0.2, 0.25) is 10.0 Å². The average molecular weight is 659 g/mol. The van der Waals surface area contributed by atoms with E-state index in [0.29, 0.717) is 27.7 Å². The van der Waals surface area contributed by atoms with Crippen molar-refractivity contribution < 1.29 is 18.0 Å². The number of carbonyl (C=O) groups excluding carboxylic acids is 2. The Bertz CT molecular complexity index is 1590. The summed E-state index contributed by atoms with van der Waals surface area (Å²) in [6.45, 7) is 7.13. The first kappa shape index (κ1) is 33.8. The van der Waals surface area contributed by atoms with E-state index in [0.717, 1.165) is 53.1 Å². The molecule has 1 saturated carbocycles. The summed E-state index contributed by atoms with van der Waals surface area (Å²) in [4.78, 5) is 29.6. The van der Waals surface area contributed by atoms with Crippen LogP contribution in [0.25, 0.3) is 0 Å². The molecule has 1 N–H and O–H groups in total. The number of aryl methyl sites for hydroxylation is 3. The van der Waals surface area contributed by atoms with Crippen LogP contribution in [0.4, 0.5) is 5.69 Å². The van der Waals surface area contributed by atoms with Crippen LogP contribution >= 0.6 is 23.2 Å². The third kappa shape index (κ3) is 8.14. The van der Waals surface area contributed by atoms with Gasteiger partial charge in [0.25, 0.3) is 10.0 Å². The van der Waals surface area contributed by atoms with Crippen molar-refractivity contribution in [1.29, 1.82) is 0 Å². The molecule has 1 unspecified atom stereocenters. The van der Waals surface area contributed by atoms with Crippen molar-refractivity contribution in [3.05, 3.63) is 93.0 Å². The van der Waals surface area contributed by atoms with E-state index in [1.807, 2.05) is 33.8 Å². The molecule has 0 heterocycles. The number of hydrogen-bond acceptors (Lipinski definition) is 4. The van der Waals surface area contributed by atoms with Crippen LogP contribution in [0.15, 0.2) is 65.6 Å². The van der Waals surface area contributed by atoms with Crippen molar-refractivity contribution in [2.45, 2.75) is 89.7 Å². The van der Waals surface area contributed by atoms with Crippen molar-refractivity contribution in [3.8, 4) is 0 Å². The number of nitrogens with one attached hydrogen (secondary N) is 1. The van der Waals surface area contributed by atoms with Crippen LogP contribution in [-0.2, 0) is 26.2 Å². The Morgan fingerprint density at radius 2 is 1.57 bits per heavy atom. The van der Waals surface area contributed by atoms with Crippen LogP contribution in [0.5, 0.6) is 0 Å². The summed E-state index contributed by atoms with van der Waals surface area (Å²) in [5, 5.41) is 3.86. The number of sulfonamides is 1. The van der Waals surface area contributed by atoms with Gasteiger partial charge in [-0.3, -0.25) is 13.9 Å². The largest absolute Gasteiger partial charge is 0.352 e. The Kier molecular flexibility index (Phi) is 11.4. The fourth-order valence-electron chi connectivity index (χ4n) is 5.55. The Labute approximate surface area is 271 Å². The molecular formula is C34H41Cl2N3O4S. The minimum atomic E-state index is -4.14. The standard InChI is InChI=1S/C34H41Cl2N3O4S/c1-5-32(34(41)37-27-9-7-6-8-10-27)38(21-26-14-18-30(35)31(36)20-26)33(40)22-39(28-15-13-24(3)25(4)19-28)44(42,43)29-16-11-23(2)12-17-29/h11-20,27,32H,5-10,21-22H2,1-4H3,(H,37,41). The van der Waals surface area contributed by atoms with Gasteiger partial charge in [-0.15, -0.1) is 0 Å². The van der Waals surface area contributed by atoms with Gasteiger partial charge in [-0.2, -0.15) is 0 Å². The molecule has 236 valence electrons. The highest BCUT2D eigenvalue weighted by atomic mass is 35.5. The lowest BCUT2D eigenvalue weighted by Gasteiger charge is -2.34. The Morgan fingerprint density at radius 3 is 2.18 bits per heavy atom. The van der Waals surface area contributed by atoms with Crippen molar-refractivity contribution in [2.75, 3.05) is 10.8 Å². The van der Waals surface area contributed by atoms with Crippen LogP contribution in [0.3, 0.4) is 0 Å². The van der Waals surface area contributed by atoms with Gasteiger partial charge < -0.3 is 10.2 Å². The highest BCUT2D eigenvalue weighted by Gasteiger charge is 2.34. The van der Waals surface area contributed by atoms with E-state index in [9.17, 15) is 18.0 Å². The van der Waals surface area contributed by atoms with Crippen molar-refractivity contribution >= 4 is 50.7 Å². The first-order valence-electron chi connectivity index (χ1n) is 15.1. The fraction of sp³-hybridized carbons (Fsp3) is 0.412. The number of nitrogens with zero attached hydrogens (tertiary/aromatic N) is 2. The second kappa shape index (κ2) is 14.8. The maximum atomic E-state index is 14.3. The molecule has 0 aliphatic heterocycles. The lowest BCUT2D eigenvalue weighted by atomic mass is 9.95. The second-order valence-electron chi connectivity index (χ2n) is 11.6. The summed E-state index contributed by atoms with van der Waals surface area (Å²) < 4.78 is 29.4. The zero-order valence-electron chi connectivity index (χ0n) is 25.8. The van der Waals surface area contributed by atoms with E-state index in [1.54, 1.807) is 54.6 Å². The topological polar surface area (TPSA) is 86.8 Å². The van der Waals surface area contributed by atoms with E-state index in [2.05, 4.69) is 5.32 Å². The molecule has 44 heavy (non-hydrogen) atoms. The smallest absolute Gasteiger partial charge is 0.264 e. The lowest BCUT2D eigenvalue weighted by molar-refractivity contribution is -0.140. The zero-order chi connectivity index (χ0) is 32.0. The summed E-state index contributed by atoms with van der Waals surface area (Å²) in [5.74, 6) is -0.748. The van der Waals surface area contributed by atoms with E-state index in [4.69, 9.17) is 23.2 Å². The lowest BCUT2D eigenvalue weighted by Crippen LogP contribution is -2.54. The SMILES string of the molecule is CCC(C(=O)NC1CCCCC1)N(Cc1ccc(Cl)c(Cl)c1)C(=O)CN(c1ccc(C)c(C)c1)S(=O)(=O)c1ccc(C)cc1. The van der Waals surface area contributed by atoms with Crippen LogP contribution in [-0.4, -0.2) is 43.8 Å². The van der Waals surface area contributed by atoms with Gasteiger partial charge in [-0.1, -0.05) is 79.2 Å². The molecule has 1 atom stereocenters. The third-order valence-corrected chi connectivity index (χ3v) is 10.9. The van der Waals surface area contributed by atoms with Gasteiger partial charge in [0.1, 0.15) is 12.6 Å². The number of halogens is 2. The zero-order valence-corrected chi connectivity index (χ0v) is 28.1. The van der Waals surface area contributed by atoms with Crippen molar-refractivity contribution in [1.82, 2.24) is 10.2 Å². The van der Waals surface area contributed by atoms with E-state index in [1.165, 1.54) is 4.90 Å². The number of amides is 2. The second-order valence-corrected chi connectivity index (χ2v) is 14.3. The molecule has 4 rings (SSSR count). The number of carbonyl (C=O) groups is 2. The summed E-state index contributed by atoms with van der Waals surface area (Å²) in [5.41, 5.74) is 3.86. The summed E-state index contributed by atoms with van der Waals surface area (Å²) >= 11 is 12.5. The van der Waals surface area contributed by atoms with Gasteiger partial charge in [0.15, 0.2) is 0 Å². The molecule has 0 saturated heterocycles. The first-order valence-corrected chi connectivity index (χ1v) is 17.3. The molecule has 3 aromatic rings. The predicted octanol–water partition coefficient (Wildman–Crippen LogP) is 7.37. The minimum Gasteiger partial charge on any atom is -0.352 e. The van der Waals surface area contributed by atoms with Crippen LogP contribution in [0.1, 0.15) is 67.7 Å². The monoisotopic (exact) mass is 657 g/mol. The molecule has 7 nitrogen and oxygen atoms in total. The molecule has 0 bridgehead atoms. The molecule has 10 heteroatoms. The van der Waals surface area contributed by atoms with Gasteiger partial charge >= 0.3 is 0 Å². The minimum absolute atomic E-state index is 0.0532. The molecular weight excluding hydrogens is 617 g/mol. The van der Waals surface area contributed by atoms with Gasteiger partial charge in [0.2, 0.25) is 11.8 Å². The molecule has 1 fully saturated rings. The molecule has 1 aliphatic carbocycles. The van der Waals surface area contributed by atoms with Crippen molar-refractivity contribution in [2.24, 2.45) is 0 Å². The number of benzene rings is 3. The normalized spacial score (nSPS) is 14.6. The highest BCUT2D eigenvalue weighted by molar-refractivity contribution is 7.92. The van der Waals surface area contributed by atoms with E-state index in [-0.39, 0.29) is 23.4 Å². The molecule has 0 aromatic heterocycles. The van der Waals surface area contributed by atoms with E-state index >= 15 is 0 Å². The quantitative estimate of drug-likeness (QED) is 0.233. The predicted molar refractivity (Wildman–Crippen MR) is 178 cm³/mol. The van der Waals surface area contributed by atoms with E-state index < -0.39 is 28.5 Å². The molecule has 3 aromatic carbocycles. The fourth-order valence-corrected chi connectivity index (χ4v) is 7.27. The maximum absolute atomic E-state index is 14.3. The third-order valence-electron chi connectivity index (χ3n) is 8.34. The molecule has 0 radical (unpaired) electrons.